The fraction of sp³-hybridized carbons (Fsp3) is 0.385. The summed E-state index contributed by atoms with van der Waals surface area (Å²) in [6.07, 6.45) is 0.968. The first-order valence-corrected chi connectivity index (χ1v) is 11.6. The van der Waals surface area contributed by atoms with Crippen LogP contribution in [0.5, 0.6) is 0 Å². The molecule has 1 heterocycles. The van der Waals surface area contributed by atoms with Gasteiger partial charge in [-0.05, 0) is 57.5 Å². The van der Waals surface area contributed by atoms with Crippen molar-refractivity contribution in [2.24, 2.45) is 4.99 Å². The first kappa shape index (κ1) is 25.7. The van der Waals surface area contributed by atoms with Crippen molar-refractivity contribution in [1.82, 2.24) is 9.80 Å². The number of amides is 3. The van der Waals surface area contributed by atoms with Crippen LogP contribution in [0.2, 0.25) is 0 Å². The van der Waals surface area contributed by atoms with E-state index in [4.69, 9.17) is 10.5 Å². The summed E-state index contributed by atoms with van der Waals surface area (Å²) in [7, 11) is 0. The Morgan fingerprint density at radius 3 is 2.31 bits per heavy atom. The van der Waals surface area contributed by atoms with Crippen molar-refractivity contribution in [1.29, 1.82) is 0 Å². The number of nitrogen functional groups attached to an aromatic ring is 1. The average molecular weight is 480 g/mol. The quantitative estimate of drug-likeness (QED) is 0.504. The summed E-state index contributed by atoms with van der Waals surface area (Å²) in [5.74, 6) is -0.146. The van der Waals surface area contributed by atoms with Gasteiger partial charge in [0.1, 0.15) is 12.1 Å². The highest BCUT2D eigenvalue weighted by Gasteiger charge is 2.24. The maximum absolute atomic E-state index is 12.6. The summed E-state index contributed by atoms with van der Waals surface area (Å²) >= 11 is 0. The predicted molar refractivity (Wildman–Crippen MR) is 137 cm³/mol. The molecule has 0 atom stereocenters. The van der Waals surface area contributed by atoms with Crippen LogP contribution in [0.3, 0.4) is 0 Å². The summed E-state index contributed by atoms with van der Waals surface area (Å²) in [6.45, 7) is 9.05. The van der Waals surface area contributed by atoms with Gasteiger partial charge in [0.25, 0.3) is 5.91 Å². The number of carbonyl (C=O) groups excluding carboxylic acids is 3. The monoisotopic (exact) mass is 479 g/mol. The first-order chi connectivity index (χ1) is 16.5. The third-order valence-electron chi connectivity index (χ3n) is 5.46. The normalized spacial score (nSPS) is 14.2. The van der Waals surface area contributed by atoms with Gasteiger partial charge in [0.15, 0.2) is 0 Å². The third kappa shape index (κ3) is 7.30. The highest BCUT2D eigenvalue weighted by molar-refractivity contribution is 5.95. The number of piperazine rings is 1. The minimum Gasteiger partial charge on any atom is -0.444 e. The van der Waals surface area contributed by atoms with E-state index in [9.17, 15) is 14.4 Å². The Kier molecular flexibility index (Phi) is 8.11. The van der Waals surface area contributed by atoms with E-state index in [1.54, 1.807) is 54.8 Å². The van der Waals surface area contributed by atoms with Gasteiger partial charge in [-0.3, -0.25) is 19.9 Å². The van der Waals surface area contributed by atoms with E-state index in [1.165, 1.54) is 6.21 Å². The number of carbonyl (C=O) groups is 3. The number of hydrogen-bond acceptors (Lipinski definition) is 6. The minimum atomic E-state index is -0.614. The summed E-state index contributed by atoms with van der Waals surface area (Å²) in [6, 6.07) is 12.6. The van der Waals surface area contributed by atoms with Crippen LogP contribution in [0.15, 0.2) is 47.5 Å². The standard InChI is InChI=1S/C26H33N5O4/c1-18-14-21(27)20(15-22(18)29-25(34)35-26(2,3)4)16-28-17-23(32)30-10-12-31(13-11-30)24(33)19-8-6-5-7-9-19/h5-9,14-16H,10-13,17,27H2,1-4H3,(H,29,34). The Hall–Kier alpha value is -3.88. The van der Waals surface area contributed by atoms with E-state index in [2.05, 4.69) is 10.3 Å². The number of aryl methyl sites for hydroxylation is 1. The summed E-state index contributed by atoms with van der Waals surface area (Å²) in [5.41, 5.74) is 8.55. The second kappa shape index (κ2) is 11.0. The van der Waals surface area contributed by atoms with E-state index in [-0.39, 0.29) is 18.4 Å². The van der Waals surface area contributed by atoms with Crippen molar-refractivity contribution in [2.75, 3.05) is 43.8 Å². The van der Waals surface area contributed by atoms with Crippen molar-refractivity contribution in [2.45, 2.75) is 33.3 Å². The van der Waals surface area contributed by atoms with Crippen molar-refractivity contribution in [3.05, 3.63) is 59.2 Å². The van der Waals surface area contributed by atoms with Crippen LogP contribution in [-0.4, -0.2) is 72.2 Å². The molecule has 2 aromatic rings. The number of rotatable bonds is 5. The number of nitrogens with zero attached hydrogens (tertiary/aromatic N) is 3. The van der Waals surface area contributed by atoms with Crippen molar-refractivity contribution in [3.63, 3.8) is 0 Å². The lowest BCUT2D eigenvalue weighted by Crippen LogP contribution is -2.51. The van der Waals surface area contributed by atoms with Crippen LogP contribution in [0, 0.1) is 6.92 Å². The van der Waals surface area contributed by atoms with Crippen LogP contribution < -0.4 is 11.1 Å². The summed E-state index contributed by atoms with van der Waals surface area (Å²) < 4.78 is 5.30. The molecule has 9 nitrogen and oxygen atoms in total. The maximum atomic E-state index is 12.6. The first-order valence-electron chi connectivity index (χ1n) is 11.6. The molecule has 0 aliphatic carbocycles. The highest BCUT2D eigenvalue weighted by atomic mass is 16.6. The van der Waals surface area contributed by atoms with Crippen LogP contribution in [0.4, 0.5) is 16.2 Å². The van der Waals surface area contributed by atoms with Gasteiger partial charge >= 0.3 is 6.09 Å². The lowest BCUT2D eigenvalue weighted by Gasteiger charge is -2.34. The van der Waals surface area contributed by atoms with E-state index in [0.29, 0.717) is 48.7 Å². The number of aliphatic imine (C=N–C) groups is 1. The molecule has 0 bridgehead atoms. The SMILES string of the molecule is Cc1cc(N)c(C=NCC(=O)N2CCN(C(=O)c3ccccc3)CC2)cc1NC(=O)OC(C)(C)C. The molecule has 9 heteroatoms. The number of anilines is 2. The largest absolute Gasteiger partial charge is 0.444 e. The Bertz CT molecular complexity index is 1100. The molecular formula is C26H33N5O4. The van der Waals surface area contributed by atoms with Gasteiger partial charge in [0, 0.05) is 54.9 Å². The molecule has 0 spiro atoms. The van der Waals surface area contributed by atoms with Crippen molar-refractivity contribution < 1.29 is 19.1 Å². The van der Waals surface area contributed by atoms with E-state index < -0.39 is 11.7 Å². The molecule has 1 saturated heterocycles. The zero-order valence-corrected chi connectivity index (χ0v) is 20.7. The van der Waals surface area contributed by atoms with Crippen LogP contribution >= 0.6 is 0 Å². The molecule has 0 aromatic heterocycles. The highest BCUT2D eigenvalue weighted by Crippen LogP contribution is 2.23. The third-order valence-corrected chi connectivity index (χ3v) is 5.46. The second-order valence-electron chi connectivity index (χ2n) is 9.43. The molecule has 3 amide bonds. The van der Waals surface area contributed by atoms with Gasteiger partial charge in [-0.25, -0.2) is 4.79 Å². The molecule has 3 N–H and O–H groups in total. The Labute approximate surface area is 205 Å². The van der Waals surface area contributed by atoms with Gasteiger partial charge in [-0.1, -0.05) is 18.2 Å². The molecule has 1 aliphatic rings. The number of nitrogens with two attached hydrogens (primary N) is 1. The topological polar surface area (TPSA) is 117 Å². The molecule has 0 radical (unpaired) electrons. The number of ether oxygens (including phenoxy) is 1. The van der Waals surface area contributed by atoms with Crippen molar-refractivity contribution in [3.8, 4) is 0 Å². The Morgan fingerprint density at radius 1 is 1.06 bits per heavy atom. The number of benzene rings is 2. The van der Waals surface area contributed by atoms with E-state index >= 15 is 0 Å². The molecular weight excluding hydrogens is 446 g/mol. The lowest BCUT2D eigenvalue weighted by atomic mass is 10.1. The molecule has 1 fully saturated rings. The zero-order chi connectivity index (χ0) is 25.6. The zero-order valence-electron chi connectivity index (χ0n) is 20.7. The fourth-order valence-corrected chi connectivity index (χ4v) is 3.65. The van der Waals surface area contributed by atoms with Gasteiger partial charge in [-0.2, -0.15) is 0 Å². The minimum absolute atomic E-state index is 0.0265. The molecule has 3 rings (SSSR count). The van der Waals surface area contributed by atoms with Gasteiger partial charge in [0.05, 0.1) is 0 Å². The smallest absolute Gasteiger partial charge is 0.412 e. The molecule has 1 aliphatic heterocycles. The lowest BCUT2D eigenvalue weighted by molar-refractivity contribution is -0.131. The van der Waals surface area contributed by atoms with Crippen LogP contribution in [-0.2, 0) is 9.53 Å². The molecule has 0 saturated carbocycles. The molecule has 35 heavy (non-hydrogen) atoms. The van der Waals surface area contributed by atoms with Crippen LogP contribution in [0.1, 0.15) is 42.3 Å². The molecule has 2 aromatic carbocycles. The molecule has 186 valence electrons. The summed E-state index contributed by atoms with van der Waals surface area (Å²) in [5, 5.41) is 2.72. The van der Waals surface area contributed by atoms with E-state index in [1.807, 2.05) is 25.1 Å². The fourth-order valence-electron chi connectivity index (χ4n) is 3.65. The Morgan fingerprint density at radius 2 is 1.69 bits per heavy atom. The van der Waals surface area contributed by atoms with Gasteiger partial charge < -0.3 is 20.3 Å². The predicted octanol–water partition coefficient (Wildman–Crippen LogP) is 3.33. The summed E-state index contributed by atoms with van der Waals surface area (Å²) in [4.78, 5) is 45.1. The maximum Gasteiger partial charge on any atom is 0.412 e. The average Bonchev–Trinajstić information content (AvgIpc) is 2.80. The second-order valence-corrected chi connectivity index (χ2v) is 9.43. The molecule has 0 unspecified atom stereocenters. The number of hydrogen-bond donors (Lipinski definition) is 2. The Balaban J connectivity index is 1.55. The number of nitrogens with one attached hydrogen (secondary N) is 1. The van der Waals surface area contributed by atoms with E-state index in [0.717, 1.165) is 5.56 Å². The van der Waals surface area contributed by atoms with Crippen LogP contribution in [0.25, 0.3) is 0 Å². The van der Waals surface area contributed by atoms with Crippen molar-refractivity contribution >= 4 is 35.5 Å². The van der Waals surface area contributed by atoms with Gasteiger partial charge in [-0.15, -0.1) is 0 Å². The van der Waals surface area contributed by atoms with Gasteiger partial charge in [0.2, 0.25) is 5.91 Å².